The molecule has 0 heterocycles. The van der Waals surface area contributed by atoms with Crippen molar-refractivity contribution in [1.82, 2.24) is 10.2 Å². The van der Waals surface area contributed by atoms with Crippen LogP contribution in [0.15, 0.2) is 24.3 Å². The Morgan fingerprint density at radius 2 is 2.21 bits per heavy atom. The number of nitrogens with zero attached hydrogens (tertiary/aromatic N) is 1. The van der Waals surface area contributed by atoms with Crippen molar-refractivity contribution in [2.24, 2.45) is 0 Å². The number of amides is 2. The number of ether oxygens (including phenoxy) is 1. The van der Waals surface area contributed by atoms with Crippen molar-refractivity contribution < 1.29 is 9.53 Å². The molecule has 0 saturated carbocycles. The number of benzene rings is 1. The first-order chi connectivity index (χ1) is 9.17. The minimum Gasteiger partial charge on any atom is -0.497 e. The van der Waals surface area contributed by atoms with E-state index < -0.39 is 0 Å². The van der Waals surface area contributed by atoms with E-state index in [0.29, 0.717) is 6.54 Å². The van der Waals surface area contributed by atoms with Crippen LogP contribution in [0.1, 0.15) is 25.3 Å². The number of urea groups is 1. The monoisotopic (exact) mass is 264 g/mol. The van der Waals surface area contributed by atoms with Crippen molar-refractivity contribution in [3.05, 3.63) is 29.8 Å². The second-order valence-corrected chi connectivity index (χ2v) is 4.61. The number of hydrogen-bond donors (Lipinski definition) is 1. The van der Waals surface area contributed by atoms with Gasteiger partial charge in [0.1, 0.15) is 5.75 Å². The fraction of sp³-hybridized carbons (Fsp3) is 0.533. The number of unbranched alkanes of at least 4 members (excludes halogenated alkanes) is 1. The predicted molar refractivity (Wildman–Crippen MR) is 77.6 cm³/mol. The van der Waals surface area contributed by atoms with Crippen molar-refractivity contribution >= 4 is 6.03 Å². The van der Waals surface area contributed by atoms with Crippen LogP contribution < -0.4 is 10.1 Å². The predicted octanol–water partition coefficient (Wildman–Crippen LogP) is 2.68. The maximum absolute atomic E-state index is 11.8. The Labute approximate surface area is 115 Å². The Bertz CT molecular complexity index is 393. The summed E-state index contributed by atoms with van der Waals surface area (Å²) in [6.07, 6.45) is 2.95. The molecule has 1 N–H and O–H groups in total. The summed E-state index contributed by atoms with van der Waals surface area (Å²) in [5, 5.41) is 2.92. The van der Waals surface area contributed by atoms with Gasteiger partial charge in [0.2, 0.25) is 0 Å². The van der Waals surface area contributed by atoms with Crippen LogP contribution in [0.2, 0.25) is 0 Å². The fourth-order valence-electron chi connectivity index (χ4n) is 1.77. The summed E-state index contributed by atoms with van der Waals surface area (Å²) in [5.74, 6) is 0.851. The van der Waals surface area contributed by atoms with Crippen LogP contribution in [0.3, 0.4) is 0 Å². The number of methoxy groups -OCH3 is 1. The zero-order chi connectivity index (χ0) is 14.1. The third-order valence-corrected chi connectivity index (χ3v) is 3.02. The van der Waals surface area contributed by atoms with Crippen LogP contribution in [0.4, 0.5) is 4.79 Å². The van der Waals surface area contributed by atoms with Crippen molar-refractivity contribution in [2.75, 3.05) is 27.2 Å². The fourth-order valence-corrected chi connectivity index (χ4v) is 1.77. The molecule has 0 aliphatic carbocycles. The second kappa shape index (κ2) is 8.40. The van der Waals surface area contributed by atoms with E-state index in [1.54, 1.807) is 12.0 Å². The average Bonchev–Trinajstić information content (AvgIpc) is 2.44. The molecule has 0 radical (unpaired) electrons. The number of hydrogen-bond acceptors (Lipinski definition) is 2. The summed E-state index contributed by atoms with van der Waals surface area (Å²) < 4.78 is 5.17. The van der Waals surface area contributed by atoms with Gasteiger partial charge in [-0.25, -0.2) is 4.79 Å². The van der Waals surface area contributed by atoms with E-state index in [2.05, 4.69) is 12.2 Å². The molecule has 0 unspecified atom stereocenters. The van der Waals surface area contributed by atoms with Gasteiger partial charge in [0, 0.05) is 20.1 Å². The van der Waals surface area contributed by atoms with Crippen molar-refractivity contribution in [1.29, 1.82) is 0 Å². The van der Waals surface area contributed by atoms with Crippen LogP contribution >= 0.6 is 0 Å². The van der Waals surface area contributed by atoms with Gasteiger partial charge < -0.3 is 15.0 Å². The standard InChI is InChI=1S/C15H24N2O2/c1-4-5-11-17(2)15(18)16-10-9-13-7-6-8-14(12-13)19-3/h6-8,12H,4-5,9-11H2,1-3H3,(H,16,18). The van der Waals surface area contributed by atoms with Crippen LogP contribution in [-0.2, 0) is 6.42 Å². The summed E-state index contributed by atoms with van der Waals surface area (Å²) in [6.45, 7) is 3.57. The van der Waals surface area contributed by atoms with Gasteiger partial charge in [-0.2, -0.15) is 0 Å². The summed E-state index contributed by atoms with van der Waals surface area (Å²) in [4.78, 5) is 13.5. The second-order valence-electron chi connectivity index (χ2n) is 4.61. The molecule has 0 saturated heterocycles. The molecule has 19 heavy (non-hydrogen) atoms. The molecule has 106 valence electrons. The SMILES string of the molecule is CCCCN(C)C(=O)NCCc1cccc(OC)c1. The van der Waals surface area contributed by atoms with Crippen LogP contribution in [0.25, 0.3) is 0 Å². The lowest BCUT2D eigenvalue weighted by Gasteiger charge is -2.17. The highest BCUT2D eigenvalue weighted by atomic mass is 16.5. The molecule has 4 nitrogen and oxygen atoms in total. The van der Waals surface area contributed by atoms with Crippen LogP contribution in [0.5, 0.6) is 5.75 Å². The highest BCUT2D eigenvalue weighted by molar-refractivity contribution is 5.73. The molecule has 1 aromatic carbocycles. The largest absolute Gasteiger partial charge is 0.497 e. The molecule has 2 amide bonds. The first-order valence-corrected chi connectivity index (χ1v) is 6.79. The quantitative estimate of drug-likeness (QED) is 0.822. The first kappa shape index (κ1) is 15.3. The maximum atomic E-state index is 11.8. The van der Waals surface area contributed by atoms with E-state index in [9.17, 15) is 4.79 Å². The summed E-state index contributed by atoms with van der Waals surface area (Å²) >= 11 is 0. The van der Waals surface area contributed by atoms with Gasteiger partial charge in [0.25, 0.3) is 0 Å². The molecular formula is C15H24N2O2. The molecule has 1 aromatic rings. The summed E-state index contributed by atoms with van der Waals surface area (Å²) in [7, 11) is 3.49. The van der Waals surface area contributed by atoms with E-state index in [1.807, 2.05) is 31.3 Å². The minimum atomic E-state index is -0.00338. The van der Waals surface area contributed by atoms with Crippen LogP contribution in [-0.4, -0.2) is 38.2 Å². The van der Waals surface area contributed by atoms with Gasteiger partial charge in [-0.3, -0.25) is 0 Å². The topological polar surface area (TPSA) is 41.6 Å². The Morgan fingerprint density at radius 1 is 1.42 bits per heavy atom. The Hall–Kier alpha value is -1.71. The van der Waals surface area contributed by atoms with Gasteiger partial charge in [-0.15, -0.1) is 0 Å². The van der Waals surface area contributed by atoms with Crippen molar-refractivity contribution in [2.45, 2.75) is 26.2 Å². The van der Waals surface area contributed by atoms with Gasteiger partial charge in [0.15, 0.2) is 0 Å². The molecular weight excluding hydrogens is 240 g/mol. The molecule has 4 heteroatoms. The lowest BCUT2D eigenvalue weighted by Crippen LogP contribution is -2.38. The first-order valence-electron chi connectivity index (χ1n) is 6.79. The van der Waals surface area contributed by atoms with E-state index in [1.165, 1.54) is 0 Å². The number of carbonyl (C=O) groups excluding carboxylic acids is 1. The molecule has 0 atom stereocenters. The van der Waals surface area contributed by atoms with Gasteiger partial charge in [-0.1, -0.05) is 25.5 Å². The van der Waals surface area contributed by atoms with Crippen molar-refractivity contribution in [3.8, 4) is 5.75 Å². The highest BCUT2D eigenvalue weighted by Gasteiger charge is 2.06. The molecule has 0 aliphatic rings. The summed E-state index contributed by atoms with van der Waals surface area (Å²) in [5.41, 5.74) is 1.16. The third kappa shape index (κ3) is 5.64. The van der Waals surface area contributed by atoms with E-state index in [0.717, 1.165) is 37.1 Å². The highest BCUT2D eigenvalue weighted by Crippen LogP contribution is 2.12. The lowest BCUT2D eigenvalue weighted by atomic mass is 10.1. The Kier molecular flexibility index (Phi) is 6.79. The van der Waals surface area contributed by atoms with Gasteiger partial charge in [0.05, 0.1) is 7.11 Å². The average molecular weight is 264 g/mol. The molecule has 0 aliphatic heterocycles. The van der Waals surface area contributed by atoms with Gasteiger partial charge >= 0.3 is 6.03 Å². The van der Waals surface area contributed by atoms with E-state index in [4.69, 9.17) is 4.74 Å². The smallest absolute Gasteiger partial charge is 0.317 e. The normalized spacial score (nSPS) is 10.1. The molecule has 0 spiro atoms. The van der Waals surface area contributed by atoms with E-state index >= 15 is 0 Å². The number of carbonyl (C=O) groups is 1. The maximum Gasteiger partial charge on any atom is 0.317 e. The molecule has 1 rings (SSSR count). The van der Waals surface area contributed by atoms with Gasteiger partial charge in [-0.05, 0) is 30.5 Å². The zero-order valence-electron chi connectivity index (χ0n) is 12.1. The minimum absolute atomic E-state index is 0.00338. The van der Waals surface area contributed by atoms with Crippen molar-refractivity contribution in [3.63, 3.8) is 0 Å². The lowest BCUT2D eigenvalue weighted by molar-refractivity contribution is 0.208. The Morgan fingerprint density at radius 3 is 2.89 bits per heavy atom. The summed E-state index contributed by atoms with van der Waals surface area (Å²) in [6, 6.07) is 7.91. The third-order valence-electron chi connectivity index (χ3n) is 3.02. The van der Waals surface area contributed by atoms with E-state index in [-0.39, 0.29) is 6.03 Å². The molecule has 0 bridgehead atoms. The molecule has 0 aromatic heterocycles. The number of nitrogens with one attached hydrogen (secondary N) is 1. The van der Waals surface area contributed by atoms with Crippen LogP contribution in [0, 0.1) is 0 Å². The zero-order valence-corrected chi connectivity index (χ0v) is 12.1. The Balaban J connectivity index is 2.31. The molecule has 0 fully saturated rings. The number of rotatable bonds is 7.